The fourth-order valence-corrected chi connectivity index (χ4v) is 8.18. The standard InChI is InChI=1S/C34H39ClFN3O4S/c1-20-3-2-4-27(35)32(20)33-26(34(43-37-33)22-7-8-22)19-42-30-17-24-16-23(30)18-39(24)29-9-5-21(15-28(29)36)6-10-31(40)38-44-25-11-13-41-14-12-25/h2-5,9,15,22-25,30H,6-8,10-14,16-19H2,1H3,(H,38,40)/t23-,24?,30+/m0/s1. The number of benzene rings is 2. The van der Waals surface area contributed by atoms with Crippen molar-refractivity contribution in [3.8, 4) is 11.3 Å². The lowest BCUT2D eigenvalue weighted by atomic mass is 10.00. The van der Waals surface area contributed by atoms with Crippen LogP contribution in [0.2, 0.25) is 5.02 Å². The van der Waals surface area contributed by atoms with Gasteiger partial charge in [0.1, 0.15) is 17.3 Å². The number of hydrogen-bond donors (Lipinski definition) is 1. The van der Waals surface area contributed by atoms with Crippen LogP contribution in [0.25, 0.3) is 11.3 Å². The molecule has 2 bridgehead atoms. The van der Waals surface area contributed by atoms with Gasteiger partial charge in [-0.15, -0.1) is 0 Å². The Balaban J connectivity index is 0.942. The van der Waals surface area contributed by atoms with E-state index in [1.165, 1.54) is 11.9 Å². The molecule has 1 N–H and O–H groups in total. The van der Waals surface area contributed by atoms with Crippen LogP contribution in [0.15, 0.2) is 40.9 Å². The van der Waals surface area contributed by atoms with Crippen LogP contribution in [0.3, 0.4) is 0 Å². The second kappa shape index (κ2) is 13.0. The number of halogens is 2. The zero-order valence-electron chi connectivity index (χ0n) is 25.0. The lowest BCUT2D eigenvalue weighted by Crippen LogP contribution is -2.39. The predicted molar refractivity (Wildman–Crippen MR) is 170 cm³/mol. The lowest BCUT2D eigenvalue weighted by molar-refractivity contribution is -0.119. The molecule has 3 heterocycles. The number of nitrogens with one attached hydrogen (secondary N) is 1. The Hall–Kier alpha value is -2.59. The van der Waals surface area contributed by atoms with E-state index in [-0.39, 0.29) is 23.9 Å². The second-order valence-electron chi connectivity index (χ2n) is 12.7. The summed E-state index contributed by atoms with van der Waals surface area (Å²) in [5, 5.41) is 5.54. The van der Waals surface area contributed by atoms with Gasteiger partial charge in [0.25, 0.3) is 0 Å². The number of carbonyl (C=O) groups excluding carboxylic acids is 1. The van der Waals surface area contributed by atoms with Crippen molar-refractivity contribution in [2.75, 3.05) is 24.7 Å². The SMILES string of the molecule is Cc1cccc(Cl)c1-c1noc(C2CC2)c1CO[C@@H]1CC2C[C@H]1CN2c1ccc(CCC(=O)NSC2CCOCC2)cc1F. The van der Waals surface area contributed by atoms with Gasteiger partial charge in [0, 0.05) is 60.4 Å². The summed E-state index contributed by atoms with van der Waals surface area (Å²) in [5.41, 5.74) is 5.26. The van der Waals surface area contributed by atoms with E-state index in [4.69, 9.17) is 25.6 Å². The first-order valence-electron chi connectivity index (χ1n) is 15.9. The molecule has 1 unspecified atom stereocenters. The van der Waals surface area contributed by atoms with Crippen LogP contribution >= 0.6 is 23.5 Å². The monoisotopic (exact) mass is 639 g/mol. The van der Waals surface area contributed by atoms with Gasteiger partial charge in [0.15, 0.2) is 0 Å². The van der Waals surface area contributed by atoms with Crippen molar-refractivity contribution in [3.05, 3.63) is 69.7 Å². The first kappa shape index (κ1) is 30.1. The van der Waals surface area contributed by atoms with Gasteiger partial charge in [0.2, 0.25) is 5.91 Å². The minimum atomic E-state index is -0.220. The number of aromatic nitrogens is 1. The van der Waals surface area contributed by atoms with E-state index in [1.807, 2.05) is 37.3 Å². The van der Waals surface area contributed by atoms with Crippen LogP contribution < -0.4 is 9.62 Å². The smallest absolute Gasteiger partial charge is 0.230 e. The highest BCUT2D eigenvalue weighted by molar-refractivity contribution is 7.98. The normalized spacial score (nSPS) is 23.4. The van der Waals surface area contributed by atoms with Crippen LogP contribution in [-0.2, 0) is 27.3 Å². The molecule has 3 atom stereocenters. The van der Waals surface area contributed by atoms with Crippen molar-refractivity contribution in [2.24, 2.45) is 5.92 Å². The third-order valence-corrected chi connectivity index (χ3v) is 11.1. The molecular weight excluding hydrogens is 601 g/mol. The third-order valence-electron chi connectivity index (χ3n) is 9.61. The molecule has 0 spiro atoms. The summed E-state index contributed by atoms with van der Waals surface area (Å²) in [6, 6.07) is 11.6. The molecule has 10 heteroatoms. The van der Waals surface area contributed by atoms with Crippen molar-refractivity contribution < 1.29 is 23.2 Å². The van der Waals surface area contributed by atoms with Crippen molar-refractivity contribution in [1.82, 2.24) is 9.88 Å². The molecular formula is C34H39ClFN3O4S. The molecule has 7 nitrogen and oxygen atoms in total. The maximum absolute atomic E-state index is 15.4. The first-order chi connectivity index (χ1) is 21.4. The minimum absolute atomic E-state index is 0.0153. The average Bonchev–Trinajstić information content (AvgIpc) is 3.48. The van der Waals surface area contributed by atoms with Crippen molar-refractivity contribution >= 4 is 35.1 Å². The number of anilines is 1. The molecule has 2 aliphatic carbocycles. The molecule has 3 aromatic rings. The van der Waals surface area contributed by atoms with Gasteiger partial charge < -0.3 is 18.9 Å². The maximum Gasteiger partial charge on any atom is 0.230 e. The van der Waals surface area contributed by atoms with E-state index in [0.29, 0.717) is 47.2 Å². The van der Waals surface area contributed by atoms with Gasteiger partial charge in [-0.1, -0.05) is 35.0 Å². The van der Waals surface area contributed by atoms with Crippen LogP contribution in [0, 0.1) is 18.7 Å². The lowest BCUT2D eigenvalue weighted by Gasteiger charge is -2.33. The predicted octanol–water partition coefficient (Wildman–Crippen LogP) is 7.38. The summed E-state index contributed by atoms with van der Waals surface area (Å²) < 4.78 is 36.1. The van der Waals surface area contributed by atoms with Gasteiger partial charge in [0.05, 0.1) is 23.4 Å². The largest absolute Gasteiger partial charge is 0.381 e. The van der Waals surface area contributed by atoms with Gasteiger partial charge >= 0.3 is 0 Å². The van der Waals surface area contributed by atoms with Crippen molar-refractivity contribution in [3.63, 3.8) is 0 Å². The zero-order chi connectivity index (χ0) is 30.2. The number of amides is 1. The highest BCUT2D eigenvalue weighted by atomic mass is 35.5. The van der Waals surface area contributed by atoms with Crippen molar-refractivity contribution in [1.29, 1.82) is 0 Å². The van der Waals surface area contributed by atoms with E-state index in [9.17, 15) is 4.79 Å². The molecule has 44 heavy (non-hydrogen) atoms. The van der Waals surface area contributed by atoms with Crippen molar-refractivity contribution in [2.45, 2.75) is 88.2 Å². The quantitative estimate of drug-likeness (QED) is 0.219. The first-order valence-corrected chi connectivity index (χ1v) is 17.1. The average molecular weight is 640 g/mol. The second-order valence-corrected chi connectivity index (χ2v) is 14.2. The summed E-state index contributed by atoms with van der Waals surface area (Å²) in [7, 11) is 0. The summed E-state index contributed by atoms with van der Waals surface area (Å²) >= 11 is 8.10. The van der Waals surface area contributed by atoms with E-state index in [0.717, 1.165) is 92.0 Å². The summed E-state index contributed by atoms with van der Waals surface area (Å²) in [6.45, 7) is 4.75. The number of carbonyl (C=O) groups is 1. The Morgan fingerprint density at radius 1 is 1.18 bits per heavy atom. The van der Waals surface area contributed by atoms with Gasteiger partial charge in [-0.05, 0) is 93.1 Å². The molecule has 2 aromatic carbocycles. The molecule has 2 aliphatic heterocycles. The fraction of sp³-hybridized carbons (Fsp3) is 0.529. The molecule has 1 aromatic heterocycles. The maximum atomic E-state index is 15.4. The Kier molecular flexibility index (Phi) is 8.91. The van der Waals surface area contributed by atoms with Gasteiger partial charge in [-0.3, -0.25) is 9.52 Å². The highest BCUT2D eigenvalue weighted by Gasteiger charge is 2.46. The molecule has 2 saturated carbocycles. The molecule has 1 amide bonds. The van der Waals surface area contributed by atoms with Crippen LogP contribution in [0.4, 0.5) is 10.1 Å². The topological polar surface area (TPSA) is 76.8 Å². The summed E-state index contributed by atoms with van der Waals surface area (Å²) in [6.07, 6.45) is 6.95. The summed E-state index contributed by atoms with van der Waals surface area (Å²) in [4.78, 5) is 14.6. The van der Waals surface area contributed by atoms with Crippen LogP contribution in [0.1, 0.15) is 73.3 Å². The van der Waals surface area contributed by atoms with E-state index in [2.05, 4.69) is 14.8 Å². The number of nitrogens with zero attached hydrogens (tertiary/aromatic N) is 2. The van der Waals surface area contributed by atoms with Crippen LogP contribution in [-0.4, -0.2) is 48.2 Å². The fourth-order valence-electron chi connectivity index (χ4n) is 7.04. The van der Waals surface area contributed by atoms with Gasteiger partial charge in [-0.2, -0.15) is 0 Å². The number of ether oxygens (including phenoxy) is 2. The molecule has 4 fully saturated rings. The minimum Gasteiger partial charge on any atom is -0.381 e. The number of rotatable bonds is 11. The molecule has 4 aliphatic rings. The van der Waals surface area contributed by atoms with E-state index in [1.54, 1.807) is 6.07 Å². The molecule has 0 radical (unpaired) electrons. The Bertz CT molecular complexity index is 1490. The molecule has 7 rings (SSSR count). The number of hydrogen-bond acceptors (Lipinski definition) is 7. The van der Waals surface area contributed by atoms with Crippen LogP contribution in [0.5, 0.6) is 0 Å². The highest BCUT2D eigenvalue weighted by Crippen LogP contribution is 2.47. The molecule has 234 valence electrons. The number of aryl methyl sites for hydroxylation is 2. The molecule has 2 saturated heterocycles. The third kappa shape index (κ3) is 6.39. The van der Waals surface area contributed by atoms with E-state index < -0.39 is 0 Å². The van der Waals surface area contributed by atoms with E-state index >= 15 is 4.39 Å². The Morgan fingerprint density at radius 3 is 2.75 bits per heavy atom. The number of piperidine rings is 1. The zero-order valence-corrected chi connectivity index (χ0v) is 26.6. The van der Waals surface area contributed by atoms with Gasteiger partial charge in [-0.25, -0.2) is 4.39 Å². The Morgan fingerprint density at radius 2 is 2.02 bits per heavy atom. The Labute approximate surface area is 267 Å². The summed E-state index contributed by atoms with van der Waals surface area (Å²) in [5.74, 6) is 1.44. The number of fused-ring (bicyclic) bond motifs is 2.